The number of hydrogen-bond acceptors (Lipinski definition) is 3. The summed E-state index contributed by atoms with van der Waals surface area (Å²) in [5, 5.41) is 0. The van der Waals surface area contributed by atoms with E-state index in [-0.39, 0.29) is 18.1 Å². The number of ketones is 1. The molecule has 0 aromatic carbocycles. The summed E-state index contributed by atoms with van der Waals surface area (Å²) < 4.78 is 0. The van der Waals surface area contributed by atoms with Crippen molar-refractivity contribution in [3.05, 3.63) is 12.7 Å². The highest BCUT2D eigenvalue weighted by Crippen LogP contribution is 2.20. The average Bonchev–Trinajstić information content (AvgIpc) is 1.99. The van der Waals surface area contributed by atoms with E-state index in [4.69, 9.17) is 0 Å². The van der Waals surface area contributed by atoms with Crippen molar-refractivity contribution in [2.24, 2.45) is 0 Å². The zero-order valence-corrected chi connectivity index (χ0v) is 6.74. The number of carbonyl (C=O) groups excluding carboxylic acids is 3. The molecule has 2 amide bonds. The molecule has 0 bridgehead atoms. The summed E-state index contributed by atoms with van der Waals surface area (Å²) >= 11 is 0. The van der Waals surface area contributed by atoms with Gasteiger partial charge in [-0.2, -0.15) is 0 Å². The number of Topliss-reactive ketones (excluding diaryl/α,β-unsaturated/α-hetero) is 1. The fourth-order valence-corrected chi connectivity index (χ4v) is 1.12. The predicted octanol–water partition coefficient (Wildman–Crippen LogP) is -0.111. The second-order valence-corrected chi connectivity index (χ2v) is 2.64. The van der Waals surface area contributed by atoms with Gasteiger partial charge in [-0.25, -0.2) is 0 Å². The molecule has 1 fully saturated rings. The normalized spacial score (nSPS) is 21.6. The van der Waals surface area contributed by atoms with E-state index in [0.717, 1.165) is 11.0 Å². The third kappa shape index (κ3) is 1.15. The first kappa shape index (κ1) is 8.64. The molecular weight excluding hydrogens is 158 g/mol. The molecule has 1 heterocycles. The Morgan fingerprint density at radius 1 is 1.67 bits per heavy atom. The molecule has 1 aliphatic heterocycles. The molecule has 64 valence electrons. The molecular formula is C8H9NO3. The summed E-state index contributed by atoms with van der Waals surface area (Å²) in [5.41, 5.74) is 0. The van der Waals surface area contributed by atoms with Gasteiger partial charge < -0.3 is 0 Å². The van der Waals surface area contributed by atoms with Crippen LogP contribution in [-0.2, 0) is 14.4 Å². The number of carbonyl (C=O) groups is 3. The number of nitrogens with zero attached hydrogens (tertiary/aromatic N) is 1. The first-order chi connectivity index (χ1) is 5.57. The van der Waals surface area contributed by atoms with E-state index in [1.165, 1.54) is 6.92 Å². The van der Waals surface area contributed by atoms with Crippen LogP contribution in [0.15, 0.2) is 12.7 Å². The van der Waals surface area contributed by atoms with Crippen molar-refractivity contribution in [2.75, 3.05) is 0 Å². The largest absolute Gasteiger partial charge is 0.298 e. The lowest BCUT2D eigenvalue weighted by Gasteiger charge is -2.35. The summed E-state index contributed by atoms with van der Waals surface area (Å²) in [5.74, 6) is -0.962. The Bertz CT molecular complexity index is 269. The number of likely N-dealkylation sites (tertiary alicyclic amines) is 1. The third-order valence-electron chi connectivity index (χ3n) is 1.83. The summed E-state index contributed by atoms with van der Waals surface area (Å²) in [7, 11) is 0. The van der Waals surface area contributed by atoms with Gasteiger partial charge in [0.05, 0.1) is 6.42 Å². The highest BCUT2D eigenvalue weighted by Gasteiger charge is 2.42. The monoisotopic (exact) mass is 167 g/mol. The standard InChI is InChI=1S/C8H9NO3/c1-3-7(11)9-6(5(2)10)4-8(9)12/h3,6H,1,4H2,2H3. The third-order valence-corrected chi connectivity index (χ3v) is 1.83. The van der Waals surface area contributed by atoms with Crippen LogP contribution in [0, 0.1) is 0 Å². The predicted molar refractivity (Wildman–Crippen MR) is 41.1 cm³/mol. The molecule has 0 spiro atoms. The molecule has 0 aliphatic carbocycles. The number of β-lactam (4-membered cyclic amide) rings is 1. The molecule has 1 aliphatic rings. The van der Waals surface area contributed by atoms with Crippen LogP contribution < -0.4 is 0 Å². The molecule has 0 aromatic rings. The Hall–Kier alpha value is -1.45. The van der Waals surface area contributed by atoms with E-state index in [1.54, 1.807) is 0 Å². The number of rotatable bonds is 2. The van der Waals surface area contributed by atoms with Gasteiger partial charge in [-0.05, 0) is 13.0 Å². The van der Waals surface area contributed by atoms with Crippen LogP contribution in [0.4, 0.5) is 0 Å². The van der Waals surface area contributed by atoms with Gasteiger partial charge in [-0.1, -0.05) is 6.58 Å². The van der Waals surface area contributed by atoms with Gasteiger partial charge in [0.2, 0.25) is 5.91 Å². The minimum Gasteiger partial charge on any atom is -0.298 e. The Labute approximate surface area is 69.8 Å². The maximum Gasteiger partial charge on any atom is 0.253 e. The van der Waals surface area contributed by atoms with Gasteiger partial charge in [0, 0.05) is 0 Å². The Kier molecular flexibility index (Phi) is 2.08. The van der Waals surface area contributed by atoms with E-state index in [9.17, 15) is 14.4 Å². The van der Waals surface area contributed by atoms with Gasteiger partial charge in [-0.15, -0.1) is 0 Å². The van der Waals surface area contributed by atoms with E-state index in [1.807, 2.05) is 0 Å². The molecule has 12 heavy (non-hydrogen) atoms. The summed E-state index contributed by atoms with van der Waals surface area (Å²) in [6.45, 7) is 4.60. The zero-order valence-electron chi connectivity index (χ0n) is 6.74. The van der Waals surface area contributed by atoms with Crippen molar-refractivity contribution in [3.63, 3.8) is 0 Å². The van der Waals surface area contributed by atoms with Crippen LogP contribution in [0.3, 0.4) is 0 Å². The van der Waals surface area contributed by atoms with E-state index in [2.05, 4.69) is 6.58 Å². The summed E-state index contributed by atoms with van der Waals surface area (Å²) in [6.07, 6.45) is 1.18. The molecule has 0 aromatic heterocycles. The van der Waals surface area contributed by atoms with Crippen LogP contribution in [0.25, 0.3) is 0 Å². The molecule has 4 nitrogen and oxygen atoms in total. The van der Waals surface area contributed by atoms with Crippen molar-refractivity contribution in [1.82, 2.24) is 4.90 Å². The first-order valence-corrected chi connectivity index (χ1v) is 3.57. The van der Waals surface area contributed by atoms with Crippen LogP contribution in [-0.4, -0.2) is 28.5 Å². The molecule has 1 rings (SSSR count). The minimum absolute atomic E-state index is 0.148. The van der Waals surface area contributed by atoms with E-state index >= 15 is 0 Å². The van der Waals surface area contributed by atoms with Crippen molar-refractivity contribution in [3.8, 4) is 0 Å². The van der Waals surface area contributed by atoms with Crippen molar-refractivity contribution >= 4 is 17.6 Å². The summed E-state index contributed by atoms with van der Waals surface area (Å²) in [4.78, 5) is 33.6. The fourth-order valence-electron chi connectivity index (χ4n) is 1.12. The maximum absolute atomic E-state index is 11.0. The SMILES string of the molecule is C=CC(=O)N1C(=O)CC1C(C)=O. The lowest BCUT2D eigenvalue weighted by Crippen LogP contribution is -2.58. The Balaban J connectivity index is 2.74. The minimum atomic E-state index is -0.553. The smallest absolute Gasteiger partial charge is 0.253 e. The average molecular weight is 167 g/mol. The quantitative estimate of drug-likeness (QED) is 0.426. The van der Waals surface area contributed by atoms with Crippen LogP contribution in [0.5, 0.6) is 0 Å². The molecule has 0 N–H and O–H groups in total. The number of amides is 2. The van der Waals surface area contributed by atoms with Crippen molar-refractivity contribution in [1.29, 1.82) is 0 Å². The number of imide groups is 1. The van der Waals surface area contributed by atoms with Gasteiger partial charge in [-0.3, -0.25) is 19.3 Å². The second kappa shape index (κ2) is 2.89. The zero-order chi connectivity index (χ0) is 9.30. The molecule has 0 saturated carbocycles. The van der Waals surface area contributed by atoms with Gasteiger partial charge in [0.25, 0.3) is 5.91 Å². The first-order valence-electron chi connectivity index (χ1n) is 3.57. The van der Waals surface area contributed by atoms with Gasteiger partial charge >= 0.3 is 0 Å². The van der Waals surface area contributed by atoms with E-state index in [0.29, 0.717) is 0 Å². The highest BCUT2D eigenvalue weighted by atomic mass is 16.2. The Morgan fingerprint density at radius 3 is 2.58 bits per heavy atom. The Morgan fingerprint density at radius 2 is 2.25 bits per heavy atom. The topological polar surface area (TPSA) is 54.5 Å². The van der Waals surface area contributed by atoms with Gasteiger partial charge in [0.1, 0.15) is 6.04 Å². The van der Waals surface area contributed by atoms with Crippen LogP contribution in [0.2, 0.25) is 0 Å². The maximum atomic E-state index is 11.0. The molecule has 1 saturated heterocycles. The lowest BCUT2D eigenvalue weighted by atomic mass is 9.98. The second-order valence-electron chi connectivity index (χ2n) is 2.64. The number of hydrogen-bond donors (Lipinski definition) is 0. The molecule has 1 unspecified atom stereocenters. The molecule has 4 heteroatoms. The fraction of sp³-hybridized carbons (Fsp3) is 0.375. The summed E-state index contributed by atoms with van der Waals surface area (Å²) in [6, 6.07) is -0.553. The highest BCUT2D eigenvalue weighted by molar-refractivity contribution is 6.10. The van der Waals surface area contributed by atoms with Crippen LogP contribution >= 0.6 is 0 Å². The molecule has 1 atom stereocenters. The van der Waals surface area contributed by atoms with Crippen LogP contribution in [0.1, 0.15) is 13.3 Å². The van der Waals surface area contributed by atoms with Crippen molar-refractivity contribution in [2.45, 2.75) is 19.4 Å². The lowest BCUT2D eigenvalue weighted by molar-refractivity contribution is -0.159. The molecule has 0 radical (unpaired) electrons. The van der Waals surface area contributed by atoms with Gasteiger partial charge in [0.15, 0.2) is 5.78 Å². The van der Waals surface area contributed by atoms with E-state index < -0.39 is 11.9 Å². The van der Waals surface area contributed by atoms with Crippen molar-refractivity contribution < 1.29 is 14.4 Å².